The summed E-state index contributed by atoms with van der Waals surface area (Å²) in [6, 6.07) is 20.7. The maximum Gasteiger partial charge on any atom is 0.266 e. The summed E-state index contributed by atoms with van der Waals surface area (Å²) in [7, 11) is 0. The lowest BCUT2D eigenvalue weighted by molar-refractivity contribution is -0.112. The molecule has 31 heavy (non-hydrogen) atoms. The predicted molar refractivity (Wildman–Crippen MR) is 141 cm³/mol. The largest absolute Gasteiger partial charge is 0.487 e. The highest BCUT2D eigenvalue weighted by atomic mass is 127. The van der Waals surface area contributed by atoms with Gasteiger partial charge in [0.05, 0.1) is 7.14 Å². The van der Waals surface area contributed by atoms with Crippen molar-refractivity contribution in [3.8, 4) is 11.8 Å². The molecule has 0 fully saturated rings. The van der Waals surface area contributed by atoms with E-state index in [1.54, 1.807) is 12.1 Å². The van der Waals surface area contributed by atoms with E-state index in [0.29, 0.717) is 17.3 Å². The lowest BCUT2D eigenvalue weighted by Crippen LogP contribution is -2.14. The number of aryl methyl sites for hydroxylation is 1. The van der Waals surface area contributed by atoms with E-state index in [9.17, 15) is 10.1 Å². The normalized spacial score (nSPS) is 11.0. The lowest BCUT2D eigenvalue weighted by atomic mass is 10.1. The molecule has 0 aliphatic carbocycles. The van der Waals surface area contributed by atoms with Gasteiger partial charge in [0, 0.05) is 10.7 Å². The first-order valence-electron chi connectivity index (χ1n) is 9.22. The lowest BCUT2D eigenvalue weighted by Gasteiger charge is -2.12. The Hall–Kier alpha value is -2.09. The Morgan fingerprint density at radius 1 is 1.13 bits per heavy atom. The zero-order valence-corrected chi connectivity index (χ0v) is 21.5. The summed E-state index contributed by atoms with van der Waals surface area (Å²) in [4.78, 5) is 12.6. The van der Waals surface area contributed by atoms with E-state index in [1.807, 2.05) is 67.6 Å². The molecule has 0 aromatic heterocycles. The van der Waals surface area contributed by atoms with Crippen LogP contribution in [0.4, 0.5) is 5.69 Å². The number of benzene rings is 3. The Balaban J connectivity index is 1.78. The van der Waals surface area contributed by atoms with Gasteiger partial charge >= 0.3 is 0 Å². The van der Waals surface area contributed by atoms with Gasteiger partial charge in [-0.05, 0) is 105 Å². The van der Waals surface area contributed by atoms with Crippen molar-refractivity contribution in [2.45, 2.75) is 13.5 Å². The standard InChI is InChI=1S/C24H17ClI2N2O2/c1-15-4-2-3-5-22(15)29-24(30)18(13-28)10-17-11-20(26)23(21(27)12-17)31-14-16-6-8-19(25)9-7-16/h2-12H,14H2,1H3,(H,29,30)/b18-10-. The third kappa shape index (κ3) is 6.45. The molecule has 0 aliphatic heterocycles. The van der Waals surface area contributed by atoms with Crippen LogP contribution in [-0.2, 0) is 11.4 Å². The Morgan fingerprint density at radius 3 is 2.39 bits per heavy atom. The van der Waals surface area contributed by atoms with Gasteiger partial charge in [-0.15, -0.1) is 0 Å². The second-order valence-electron chi connectivity index (χ2n) is 6.67. The van der Waals surface area contributed by atoms with E-state index >= 15 is 0 Å². The summed E-state index contributed by atoms with van der Waals surface area (Å²) in [6.07, 6.45) is 1.58. The van der Waals surface area contributed by atoms with E-state index in [-0.39, 0.29) is 5.57 Å². The van der Waals surface area contributed by atoms with Gasteiger partial charge in [0.1, 0.15) is 24.0 Å². The predicted octanol–water partition coefficient (Wildman–Crippen LogP) is 6.98. The summed E-state index contributed by atoms with van der Waals surface area (Å²) >= 11 is 10.3. The number of nitriles is 1. The van der Waals surface area contributed by atoms with Gasteiger partial charge in [-0.3, -0.25) is 4.79 Å². The van der Waals surface area contributed by atoms with Crippen LogP contribution in [0.1, 0.15) is 16.7 Å². The van der Waals surface area contributed by atoms with E-state index in [4.69, 9.17) is 16.3 Å². The monoisotopic (exact) mass is 654 g/mol. The first-order valence-corrected chi connectivity index (χ1v) is 11.8. The topological polar surface area (TPSA) is 62.1 Å². The number of amides is 1. The molecule has 0 saturated heterocycles. The van der Waals surface area contributed by atoms with E-state index in [0.717, 1.165) is 29.6 Å². The van der Waals surface area contributed by atoms with Crippen LogP contribution in [0.15, 0.2) is 66.2 Å². The maximum atomic E-state index is 12.6. The van der Waals surface area contributed by atoms with Crippen molar-refractivity contribution >= 4 is 74.5 Å². The molecule has 7 heteroatoms. The van der Waals surface area contributed by atoms with Crippen molar-refractivity contribution in [1.29, 1.82) is 5.26 Å². The molecule has 0 bridgehead atoms. The highest BCUT2D eigenvalue weighted by Crippen LogP contribution is 2.30. The molecule has 0 radical (unpaired) electrons. The van der Waals surface area contributed by atoms with E-state index < -0.39 is 5.91 Å². The van der Waals surface area contributed by atoms with Gasteiger partial charge in [0.25, 0.3) is 5.91 Å². The SMILES string of the molecule is Cc1ccccc1NC(=O)/C(C#N)=C\c1cc(I)c(OCc2ccc(Cl)cc2)c(I)c1. The number of hydrogen-bond donors (Lipinski definition) is 1. The molecule has 3 rings (SSSR count). The van der Waals surface area contributed by atoms with Crippen molar-refractivity contribution < 1.29 is 9.53 Å². The Morgan fingerprint density at radius 2 is 1.77 bits per heavy atom. The number of carbonyl (C=O) groups is 1. The fraction of sp³-hybridized carbons (Fsp3) is 0.0833. The van der Waals surface area contributed by atoms with E-state index in [1.165, 1.54) is 0 Å². The number of anilines is 1. The molecule has 0 spiro atoms. The summed E-state index contributed by atoms with van der Waals surface area (Å²) < 4.78 is 7.78. The highest BCUT2D eigenvalue weighted by Gasteiger charge is 2.13. The quantitative estimate of drug-likeness (QED) is 0.177. The number of nitrogens with one attached hydrogen (secondary N) is 1. The number of rotatable bonds is 6. The zero-order chi connectivity index (χ0) is 22.4. The average Bonchev–Trinajstić information content (AvgIpc) is 2.74. The Labute approximate surface area is 213 Å². The first-order chi connectivity index (χ1) is 14.9. The van der Waals surface area contributed by atoms with Gasteiger partial charge in [0.2, 0.25) is 0 Å². The van der Waals surface area contributed by atoms with Crippen LogP contribution in [0.3, 0.4) is 0 Å². The molecule has 0 atom stereocenters. The molecule has 1 amide bonds. The summed E-state index contributed by atoms with van der Waals surface area (Å²) in [6.45, 7) is 2.32. The second-order valence-corrected chi connectivity index (χ2v) is 9.43. The number of halogens is 3. The van der Waals surface area contributed by atoms with E-state index in [2.05, 4.69) is 50.5 Å². The number of carbonyl (C=O) groups excluding carboxylic acids is 1. The molecule has 3 aromatic carbocycles. The second kappa shape index (κ2) is 11.0. The van der Waals surface area contributed by atoms with Crippen LogP contribution in [0.5, 0.6) is 5.75 Å². The Kier molecular flexibility index (Phi) is 8.35. The number of para-hydroxylation sites is 1. The van der Waals surface area contributed by atoms with Crippen LogP contribution in [0, 0.1) is 25.4 Å². The van der Waals surface area contributed by atoms with Gasteiger partial charge in [0.15, 0.2) is 0 Å². The molecule has 0 saturated carbocycles. The van der Waals surface area contributed by atoms with Crippen molar-refractivity contribution in [3.63, 3.8) is 0 Å². The zero-order valence-electron chi connectivity index (χ0n) is 16.5. The third-order valence-electron chi connectivity index (χ3n) is 4.39. The maximum absolute atomic E-state index is 12.6. The van der Waals surface area contributed by atoms with Crippen LogP contribution < -0.4 is 10.1 Å². The Bertz CT molecular complexity index is 1160. The molecular weight excluding hydrogens is 638 g/mol. The smallest absolute Gasteiger partial charge is 0.266 e. The molecule has 3 aromatic rings. The van der Waals surface area contributed by atoms with Crippen molar-refractivity contribution in [1.82, 2.24) is 0 Å². The molecule has 0 heterocycles. The van der Waals surface area contributed by atoms with Gasteiger partial charge in [-0.2, -0.15) is 5.26 Å². The van der Waals surface area contributed by atoms with Crippen molar-refractivity contribution in [2.24, 2.45) is 0 Å². The number of hydrogen-bond acceptors (Lipinski definition) is 3. The van der Waals surface area contributed by atoms with Gasteiger partial charge in [-0.25, -0.2) is 0 Å². The van der Waals surface area contributed by atoms with Crippen LogP contribution in [0.25, 0.3) is 6.08 Å². The number of nitrogens with zero attached hydrogens (tertiary/aromatic N) is 1. The minimum atomic E-state index is -0.440. The molecular formula is C24H17ClI2N2O2. The molecule has 0 unspecified atom stereocenters. The van der Waals surface area contributed by atoms with Crippen molar-refractivity contribution in [3.05, 3.63) is 95.1 Å². The van der Waals surface area contributed by atoms with Gasteiger partial charge in [-0.1, -0.05) is 41.9 Å². The van der Waals surface area contributed by atoms with Gasteiger partial charge < -0.3 is 10.1 Å². The van der Waals surface area contributed by atoms with Crippen LogP contribution >= 0.6 is 56.8 Å². The minimum Gasteiger partial charge on any atom is -0.487 e. The molecule has 156 valence electrons. The van der Waals surface area contributed by atoms with Crippen molar-refractivity contribution in [2.75, 3.05) is 5.32 Å². The highest BCUT2D eigenvalue weighted by molar-refractivity contribution is 14.1. The molecule has 0 aliphatic rings. The average molecular weight is 655 g/mol. The molecule has 4 nitrogen and oxygen atoms in total. The minimum absolute atomic E-state index is 0.0321. The third-order valence-corrected chi connectivity index (χ3v) is 6.24. The molecule has 1 N–H and O–H groups in total. The fourth-order valence-corrected chi connectivity index (χ4v) is 5.01. The summed E-state index contributed by atoms with van der Waals surface area (Å²) in [5, 5.41) is 13.0. The first kappa shape index (κ1) is 23.6. The summed E-state index contributed by atoms with van der Waals surface area (Å²) in [5.41, 5.74) is 3.41. The van der Waals surface area contributed by atoms with Crippen LogP contribution in [-0.4, -0.2) is 5.91 Å². The number of ether oxygens (including phenoxy) is 1. The summed E-state index contributed by atoms with van der Waals surface area (Å²) in [5.74, 6) is 0.320. The van der Waals surface area contributed by atoms with Crippen LogP contribution in [0.2, 0.25) is 5.02 Å². The fourth-order valence-electron chi connectivity index (χ4n) is 2.75.